The first-order valence-electron chi connectivity index (χ1n) is 7.18. The number of hydrogen-bond donors (Lipinski definition) is 1. The number of aliphatic carboxylic acids is 1. The van der Waals surface area contributed by atoms with Gasteiger partial charge in [-0.15, -0.1) is 0 Å². The highest BCUT2D eigenvalue weighted by Crippen LogP contribution is 2.35. The fraction of sp³-hybridized carbons (Fsp3) is 0.389. The monoisotopic (exact) mass is 270 g/mol. The summed E-state index contributed by atoms with van der Waals surface area (Å²) < 4.78 is 0. The third kappa shape index (κ3) is 2.69. The molecule has 1 N–H and O–H groups in total. The van der Waals surface area contributed by atoms with Gasteiger partial charge in [-0.1, -0.05) is 58.0 Å². The van der Waals surface area contributed by atoms with E-state index < -0.39 is 5.97 Å². The van der Waals surface area contributed by atoms with Crippen LogP contribution in [-0.4, -0.2) is 11.1 Å². The van der Waals surface area contributed by atoms with E-state index in [4.69, 9.17) is 0 Å². The number of carboxylic acids is 1. The standard InChI is InChI=1S/C18H22O2/c1-11(2)15-9-13-7-5-6-8-14(13)18(12(3)4)16(15)10-17(19)20/h5-9,11-12H,10H2,1-4H3,(H,19,20). The molecule has 0 aliphatic rings. The van der Waals surface area contributed by atoms with E-state index in [1.165, 1.54) is 16.3 Å². The van der Waals surface area contributed by atoms with E-state index in [2.05, 4.69) is 45.9 Å². The third-order valence-electron chi connectivity index (χ3n) is 3.76. The SMILES string of the molecule is CC(C)c1cc2ccccc2c(C(C)C)c1CC(=O)O. The minimum absolute atomic E-state index is 0.103. The Kier molecular flexibility index (Phi) is 4.12. The molecule has 2 aromatic rings. The van der Waals surface area contributed by atoms with E-state index >= 15 is 0 Å². The summed E-state index contributed by atoms with van der Waals surface area (Å²) >= 11 is 0. The second kappa shape index (κ2) is 5.66. The van der Waals surface area contributed by atoms with E-state index in [1.807, 2.05) is 12.1 Å². The molecule has 0 aliphatic heterocycles. The van der Waals surface area contributed by atoms with E-state index in [-0.39, 0.29) is 6.42 Å². The van der Waals surface area contributed by atoms with Gasteiger partial charge in [0.1, 0.15) is 0 Å². The molecule has 0 fully saturated rings. The molecule has 0 bridgehead atoms. The van der Waals surface area contributed by atoms with E-state index in [0.29, 0.717) is 11.8 Å². The van der Waals surface area contributed by atoms with Crippen molar-refractivity contribution in [3.63, 3.8) is 0 Å². The highest BCUT2D eigenvalue weighted by Gasteiger charge is 2.19. The largest absolute Gasteiger partial charge is 0.481 e. The van der Waals surface area contributed by atoms with Gasteiger partial charge in [0.25, 0.3) is 0 Å². The lowest BCUT2D eigenvalue weighted by molar-refractivity contribution is -0.136. The Bertz CT molecular complexity index is 639. The normalized spacial score (nSPS) is 11.5. The Morgan fingerprint density at radius 2 is 1.75 bits per heavy atom. The molecule has 0 aliphatic carbocycles. The van der Waals surface area contributed by atoms with Crippen LogP contribution in [0.4, 0.5) is 0 Å². The van der Waals surface area contributed by atoms with Crippen molar-refractivity contribution >= 4 is 16.7 Å². The summed E-state index contributed by atoms with van der Waals surface area (Å²) in [5, 5.41) is 11.6. The number of fused-ring (bicyclic) bond motifs is 1. The van der Waals surface area contributed by atoms with Gasteiger partial charge in [0.15, 0.2) is 0 Å². The zero-order valence-corrected chi connectivity index (χ0v) is 12.6. The number of carbonyl (C=O) groups is 1. The molecule has 2 aromatic carbocycles. The van der Waals surface area contributed by atoms with Gasteiger partial charge < -0.3 is 5.11 Å². The molecule has 0 saturated carbocycles. The van der Waals surface area contributed by atoms with Crippen LogP contribution in [0.15, 0.2) is 30.3 Å². The van der Waals surface area contributed by atoms with Gasteiger partial charge in [-0.05, 0) is 39.3 Å². The Labute approximate surface area is 120 Å². The van der Waals surface area contributed by atoms with Crippen LogP contribution in [0, 0.1) is 0 Å². The maximum Gasteiger partial charge on any atom is 0.307 e. The molecule has 0 unspecified atom stereocenters. The Balaban J connectivity index is 2.85. The van der Waals surface area contributed by atoms with Crippen LogP contribution >= 0.6 is 0 Å². The molecular weight excluding hydrogens is 248 g/mol. The smallest absolute Gasteiger partial charge is 0.307 e. The molecule has 106 valence electrons. The summed E-state index contributed by atoms with van der Waals surface area (Å²) in [6.45, 7) is 8.52. The van der Waals surface area contributed by atoms with Crippen LogP contribution in [0.25, 0.3) is 10.8 Å². The first-order valence-corrected chi connectivity index (χ1v) is 7.18. The summed E-state index contributed by atoms with van der Waals surface area (Å²) in [7, 11) is 0. The second-order valence-electron chi connectivity index (χ2n) is 5.96. The molecule has 0 atom stereocenters. The lowest BCUT2D eigenvalue weighted by atomic mass is 9.83. The lowest BCUT2D eigenvalue weighted by Crippen LogP contribution is -2.10. The summed E-state index contributed by atoms with van der Waals surface area (Å²) in [4.78, 5) is 11.3. The maximum atomic E-state index is 11.3. The zero-order chi connectivity index (χ0) is 14.9. The van der Waals surface area contributed by atoms with Gasteiger partial charge in [0.05, 0.1) is 6.42 Å². The fourth-order valence-corrected chi connectivity index (χ4v) is 2.96. The average Bonchev–Trinajstić information content (AvgIpc) is 2.36. The van der Waals surface area contributed by atoms with Crippen molar-refractivity contribution in [3.8, 4) is 0 Å². The molecular formula is C18H22O2. The van der Waals surface area contributed by atoms with Crippen molar-refractivity contribution < 1.29 is 9.90 Å². The van der Waals surface area contributed by atoms with Crippen molar-refractivity contribution in [2.45, 2.75) is 46.0 Å². The van der Waals surface area contributed by atoms with Crippen LogP contribution in [0.1, 0.15) is 56.2 Å². The number of benzene rings is 2. The molecule has 0 saturated heterocycles. The molecule has 0 spiro atoms. The minimum atomic E-state index is -0.760. The molecule has 0 heterocycles. The van der Waals surface area contributed by atoms with Crippen molar-refractivity contribution in [2.24, 2.45) is 0 Å². The minimum Gasteiger partial charge on any atom is -0.481 e. The number of rotatable bonds is 4. The maximum absolute atomic E-state index is 11.3. The molecule has 2 rings (SSSR count). The molecule has 2 nitrogen and oxygen atoms in total. The van der Waals surface area contributed by atoms with Crippen LogP contribution in [0.5, 0.6) is 0 Å². The van der Waals surface area contributed by atoms with Gasteiger partial charge in [-0.2, -0.15) is 0 Å². The Morgan fingerprint density at radius 3 is 2.30 bits per heavy atom. The second-order valence-corrected chi connectivity index (χ2v) is 5.96. The zero-order valence-electron chi connectivity index (χ0n) is 12.6. The highest BCUT2D eigenvalue weighted by molar-refractivity contribution is 5.89. The molecule has 20 heavy (non-hydrogen) atoms. The van der Waals surface area contributed by atoms with E-state index in [9.17, 15) is 9.90 Å². The first kappa shape index (κ1) is 14.6. The quantitative estimate of drug-likeness (QED) is 0.873. The van der Waals surface area contributed by atoms with Gasteiger partial charge in [-0.3, -0.25) is 4.79 Å². The van der Waals surface area contributed by atoms with Gasteiger partial charge >= 0.3 is 5.97 Å². The van der Waals surface area contributed by atoms with Gasteiger partial charge in [-0.25, -0.2) is 0 Å². The summed E-state index contributed by atoms with van der Waals surface area (Å²) in [5.41, 5.74) is 3.35. The highest BCUT2D eigenvalue weighted by atomic mass is 16.4. The Hall–Kier alpha value is -1.83. The lowest BCUT2D eigenvalue weighted by Gasteiger charge is -2.21. The average molecular weight is 270 g/mol. The van der Waals surface area contributed by atoms with Crippen LogP contribution < -0.4 is 0 Å². The van der Waals surface area contributed by atoms with Crippen molar-refractivity contribution in [3.05, 3.63) is 47.0 Å². The van der Waals surface area contributed by atoms with E-state index in [1.54, 1.807) is 0 Å². The predicted octanol–water partition coefficient (Wildman–Crippen LogP) is 4.71. The fourth-order valence-electron chi connectivity index (χ4n) is 2.96. The van der Waals surface area contributed by atoms with Crippen LogP contribution in [0.3, 0.4) is 0 Å². The van der Waals surface area contributed by atoms with Crippen molar-refractivity contribution in [1.82, 2.24) is 0 Å². The Morgan fingerprint density at radius 1 is 1.10 bits per heavy atom. The van der Waals surface area contributed by atoms with Crippen LogP contribution in [-0.2, 0) is 11.2 Å². The third-order valence-corrected chi connectivity index (χ3v) is 3.76. The predicted molar refractivity (Wildman–Crippen MR) is 83.5 cm³/mol. The number of hydrogen-bond acceptors (Lipinski definition) is 1. The summed E-state index contributed by atoms with van der Waals surface area (Å²) in [6.07, 6.45) is 0.103. The first-order chi connectivity index (χ1) is 9.41. The molecule has 0 aromatic heterocycles. The molecule has 0 radical (unpaired) electrons. The van der Waals surface area contributed by atoms with Crippen molar-refractivity contribution in [2.75, 3.05) is 0 Å². The number of carboxylic acid groups (broad SMARTS) is 1. The summed E-state index contributed by atoms with van der Waals surface area (Å²) in [5.74, 6) is -0.122. The van der Waals surface area contributed by atoms with E-state index in [0.717, 1.165) is 11.1 Å². The summed E-state index contributed by atoms with van der Waals surface area (Å²) in [6, 6.07) is 10.4. The van der Waals surface area contributed by atoms with Gasteiger partial charge in [0.2, 0.25) is 0 Å². The van der Waals surface area contributed by atoms with Crippen LogP contribution in [0.2, 0.25) is 0 Å². The molecule has 2 heteroatoms. The molecule has 0 amide bonds. The van der Waals surface area contributed by atoms with Crippen molar-refractivity contribution in [1.29, 1.82) is 0 Å². The topological polar surface area (TPSA) is 37.3 Å². The van der Waals surface area contributed by atoms with Gasteiger partial charge in [0, 0.05) is 0 Å².